The number of rotatable bonds is 2. The molecule has 0 bridgehead atoms. The van der Waals surface area contributed by atoms with Crippen molar-refractivity contribution in [3.63, 3.8) is 0 Å². The fraction of sp³-hybridized carbons (Fsp3) is 0.462. The van der Waals surface area contributed by atoms with E-state index in [1.807, 2.05) is 38.1 Å². The molecule has 4 nitrogen and oxygen atoms in total. The van der Waals surface area contributed by atoms with Gasteiger partial charge >= 0.3 is 0 Å². The predicted molar refractivity (Wildman–Crippen MR) is 83.0 cm³/mol. The molecule has 1 aromatic carbocycles. The molecule has 1 saturated heterocycles. The minimum Gasteiger partial charge on any atom is -0.350 e. The zero-order valence-corrected chi connectivity index (χ0v) is 13.3. The van der Waals surface area contributed by atoms with Gasteiger partial charge in [0.25, 0.3) is 0 Å². The summed E-state index contributed by atoms with van der Waals surface area (Å²) >= 11 is 8.67. The molecule has 6 heteroatoms. The summed E-state index contributed by atoms with van der Waals surface area (Å²) in [5.74, 6) is 0. The fourth-order valence-electron chi connectivity index (χ4n) is 1.94. The first-order valence-corrected chi connectivity index (χ1v) is 7.37. The summed E-state index contributed by atoms with van der Waals surface area (Å²) in [5.41, 5.74) is 0.939. The Balaban J connectivity index is 1.85. The van der Waals surface area contributed by atoms with E-state index in [-0.39, 0.29) is 18.6 Å². The summed E-state index contributed by atoms with van der Waals surface area (Å²) in [6, 6.07) is 7.82. The van der Waals surface area contributed by atoms with Crippen molar-refractivity contribution in [2.75, 3.05) is 5.32 Å². The quantitative estimate of drug-likeness (QED) is 0.806. The first-order chi connectivity index (χ1) is 9.02. The summed E-state index contributed by atoms with van der Waals surface area (Å²) in [6.07, 6.45) is 0.606. The molecule has 2 N–H and O–H groups in total. The lowest BCUT2D eigenvalue weighted by atomic mass is 10.2. The molecule has 0 amide bonds. The first kappa shape index (κ1) is 14.7. The van der Waals surface area contributed by atoms with Crippen LogP contribution in [0.2, 0.25) is 0 Å². The largest absolute Gasteiger partial charge is 0.350 e. The van der Waals surface area contributed by atoms with E-state index >= 15 is 0 Å². The van der Waals surface area contributed by atoms with Crippen molar-refractivity contribution in [1.82, 2.24) is 5.32 Å². The molecule has 0 aliphatic carbocycles. The Morgan fingerprint density at radius 2 is 1.95 bits per heavy atom. The molecular weight excluding hydrogens is 328 g/mol. The van der Waals surface area contributed by atoms with Gasteiger partial charge in [-0.25, -0.2) is 0 Å². The van der Waals surface area contributed by atoms with Crippen molar-refractivity contribution in [2.45, 2.75) is 38.9 Å². The van der Waals surface area contributed by atoms with Crippen LogP contribution in [-0.4, -0.2) is 23.7 Å². The number of nitrogens with one attached hydrogen (secondary N) is 2. The van der Waals surface area contributed by atoms with Crippen molar-refractivity contribution in [3.8, 4) is 0 Å². The number of hydrogen-bond acceptors (Lipinski definition) is 3. The van der Waals surface area contributed by atoms with Crippen molar-refractivity contribution < 1.29 is 9.47 Å². The molecule has 1 aromatic rings. The number of hydrogen-bond donors (Lipinski definition) is 2. The molecule has 1 fully saturated rings. The van der Waals surface area contributed by atoms with Crippen molar-refractivity contribution >= 4 is 38.9 Å². The van der Waals surface area contributed by atoms with Gasteiger partial charge in [-0.2, -0.15) is 0 Å². The lowest BCUT2D eigenvalue weighted by molar-refractivity contribution is -0.232. The fourth-order valence-corrected chi connectivity index (χ4v) is 2.46. The van der Waals surface area contributed by atoms with Crippen LogP contribution >= 0.6 is 28.1 Å². The number of anilines is 1. The molecule has 3 atom stereocenters. The van der Waals surface area contributed by atoms with Crippen LogP contribution in [0.4, 0.5) is 5.69 Å². The second-order valence-corrected chi connectivity index (χ2v) is 5.80. The predicted octanol–water partition coefficient (Wildman–Crippen LogP) is 3.23. The van der Waals surface area contributed by atoms with Crippen LogP contribution in [-0.2, 0) is 9.47 Å². The summed E-state index contributed by atoms with van der Waals surface area (Å²) in [6.45, 7) is 3.91. The Morgan fingerprint density at radius 3 is 2.58 bits per heavy atom. The zero-order chi connectivity index (χ0) is 13.8. The minimum absolute atomic E-state index is 0.116. The minimum atomic E-state index is -0.211. The first-order valence-electron chi connectivity index (χ1n) is 6.17. The van der Waals surface area contributed by atoms with Gasteiger partial charge in [-0.15, -0.1) is 0 Å². The maximum absolute atomic E-state index is 5.62. The zero-order valence-electron chi connectivity index (χ0n) is 10.9. The van der Waals surface area contributed by atoms with Crippen LogP contribution in [0.5, 0.6) is 0 Å². The highest BCUT2D eigenvalue weighted by Gasteiger charge is 2.25. The van der Waals surface area contributed by atoms with Crippen molar-refractivity contribution in [1.29, 1.82) is 0 Å². The highest BCUT2D eigenvalue weighted by molar-refractivity contribution is 9.10. The molecular formula is C13H17BrN2O2S. The van der Waals surface area contributed by atoms with Gasteiger partial charge in [0, 0.05) is 16.6 Å². The van der Waals surface area contributed by atoms with E-state index in [1.54, 1.807) is 0 Å². The van der Waals surface area contributed by atoms with Crippen LogP contribution in [0.25, 0.3) is 0 Å². The number of halogens is 1. The lowest BCUT2D eigenvalue weighted by Crippen LogP contribution is -2.47. The smallest absolute Gasteiger partial charge is 0.172 e. The molecule has 19 heavy (non-hydrogen) atoms. The average Bonchev–Trinajstić information content (AvgIpc) is 2.30. The summed E-state index contributed by atoms with van der Waals surface area (Å²) in [7, 11) is 0. The standard InChI is InChI=1S/C13H17BrN2O2S/c1-8-7-12(18-9(2)17-8)16-13(19)15-11-5-3-10(14)4-6-11/h3-6,8-9,12H,7H2,1-2H3,(H2,15,16,19)/t8-,9-,12+/m0/s1. The maximum Gasteiger partial charge on any atom is 0.172 e. The third-order valence-corrected chi connectivity index (χ3v) is 3.47. The molecule has 0 aromatic heterocycles. The molecule has 0 unspecified atom stereocenters. The van der Waals surface area contributed by atoms with Crippen LogP contribution in [0.15, 0.2) is 28.7 Å². The van der Waals surface area contributed by atoms with E-state index in [0.717, 1.165) is 16.6 Å². The van der Waals surface area contributed by atoms with E-state index in [2.05, 4.69) is 26.6 Å². The molecule has 1 aliphatic rings. The number of benzene rings is 1. The van der Waals surface area contributed by atoms with Crippen molar-refractivity contribution in [3.05, 3.63) is 28.7 Å². The van der Waals surface area contributed by atoms with Gasteiger partial charge in [-0.3, -0.25) is 0 Å². The van der Waals surface area contributed by atoms with Crippen molar-refractivity contribution in [2.24, 2.45) is 0 Å². The highest BCUT2D eigenvalue weighted by atomic mass is 79.9. The maximum atomic E-state index is 5.62. The molecule has 104 valence electrons. The Labute approximate surface area is 127 Å². The van der Waals surface area contributed by atoms with E-state index in [1.165, 1.54) is 0 Å². The third kappa shape index (κ3) is 4.72. The third-order valence-electron chi connectivity index (χ3n) is 2.72. The van der Waals surface area contributed by atoms with Crippen LogP contribution in [0.3, 0.4) is 0 Å². The SMILES string of the molecule is C[C@@H]1O[C@@H](NC(=S)Nc2ccc(Br)cc2)C[C@H](C)O1. The Kier molecular flexibility index (Phi) is 5.15. The van der Waals surface area contributed by atoms with Gasteiger partial charge in [0.1, 0.15) is 6.23 Å². The lowest BCUT2D eigenvalue weighted by Gasteiger charge is -2.33. The topological polar surface area (TPSA) is 42.5 Å². The van der Waals surface area contributed by atoms with Crippen LogP contribution < -0.4 is 10.6 Å². The molecule has 1 aliphatic heterocycles. The summed E-state index contributed by atoms with van der Waals surface area (Å²) in [5, 5.41) is 6.82. The number of thiocarbonyl (C=S) groups is 1. The van der Waals surface area contributed by atoms with Crippen LogP contribution in [0, 0.1) is 0 Å². The summed E-state index contributed by atoms with van der Waals surface area (Å²) in [4.78, 5) is 0. The Hall–Kier alpha value is -0.690. The van der Waals surface area contributed by atoms with E-state index in [9.17, 15) is 0 Å². The summed E-state index contributed by atoms with van der Waals surface area (Å²) < 4.78 is 12.1. The van der Waals surface area contributed by atoms with Gasteiger partial charge in [-0.1, -0.05) is 15.9 Å². The van der Waals surface area contributed by atoms with Gasteiger partial charge in [0.05, 0.1) is 6.10 Å². The van der Waals surface area contributed by atoms with Gasteiger partial charge < -0.3 is 20.1 Å². The van der Waals surface area contributed by atoms with E-state index < -0.39 is 0 Å². The van der Waals surface area contributed by atoms with Gasteiger partial charge in [0.2, 0.25) is 0 Å². The molecule has 0 spiro atoms. The second-order valence-electron chi connectivity index (χ2n) is 4.48. The molecule has 1 heterocycles. The van der Waals surface area contributed by atoms with Crippen LogP contribution in [0.1, 0.15) is 20.3 Å². The van der Waals surface area contributed by atoms with E-state index in [4.69, 9.17) is 21.7 Å². The Morgan fingerprint density at radius 1 is 1.26 bits per heavy atom. The Bertz CT molecular complexity index is 431. The monoisotopic (exact) mass is 344 g/mol. The second kappa shape index (κ2) is 6.65. The average molecular weight is 345 g/mol. The molecule has 2 rings (SSSR count). The number of ether oxygens (including phenoxy) is 2. The molecule has 0 radical (unpaired) electrons. The van der Waals surface area contributed by atoms with Gasteiger partial charge in [0.15, 0.2) is 11.4 Å². The van der Waals surface area contributed by atoms with E-state index in [0.29, 0.717) is 5.11 Å². The highest BCUT2D eigenvalue weighted by Crippen LogP contribution is 2.17. The molecule has 0 saturated carbocycles. The normalized spacial score (nSPS) is 26.8. The van der Waals surface area contributed by atoms with Gasteiger partial charge in [-0.05, 0) is 50.3 Å².